The van der Waals surface area contributed by atoms with E-state index in [1.165, 1.54) is 0 Å². The van der Waals surface area contributed by atoms with E-state index in [1.807, 2.05) is 18.2 Å². The van der Waals surface area contributed by atoms with Crippen molar-refractivity contribution in [2.45, 2.75) is 51.4 Å². The van der Waals surface area contributed by atoms with Crippen LogP contribution in [0, 0.1) is 5.92 Å². The van der Waals surface area contributed by atoms with E-state index in [0.717, 1.165) is 6.42 Å². The lowest BCUT2D eigenvalue weighted by atomic mass is 9.99. The van der Waals surface area contributed by atoms with Crippen molar-refractivity contribution in [1.82, 2.24) is 0 Å². The van der Waals surface area contributed by atoms with E-state index >= 15 is 0 Å². The molecular weight excluding hydrogens is 224 g/mol. The van der Waals surface area contributed by atoms with Crippen molar-refractivity contribution in [3.63, 3.8) is 0 Å². The van der Waals surface area contributed by atoms with Crippen LogP contribution in [-0.4, -0.2) is 14.4 Å². The van der Waals surface area contributed by atoms with E-state index < -0.39 is 8.32 Å². The third-order valence-corrected chi connectivity index (χ3v) is 8.11. The summed E-state index contributed by atoms with van der Waals surface area (Å²) in [4.78, 5) is 0. The Kier molecular flexibility index (Phi) is 6.14. The van der Waals surface area contributed by atoms with Crippen LogP contribution in [0.1, 0.15) is 27.2 Å². The van der Waals surface area contributed by atoms with E-state index in [-0.39, 0.29) is 17.1 Å². The average molecular weight is 252 g/mol. The van der Waals surface area contributed by atoms with Crippen LogP contribution in [0.2, 0.25) is 18.1 Å². The fraction of sp³-hybridized carbons (Fsp3) is 0.600. The second kappa shape index (κ2) is 6.36. The molecule has 0 unspecified atom stereocenters. The molecule has 0 aliphatic heterocycles. The Morgan fingerprint density at radius 3 is 1.94 bits per heavy atom. The van der Waals surface area contributed by atoms with Crippen molar-refractivity contribution in [2.75, 3.05) is 0 Å². The van der Waals surface area contributed by atoms with E-state index in [0.29, 0.717) is 0 Å². The number of hydrogen-bond donors (Lipinski definition) is 0. The van der Waals surface area contributed by atoms with Crippen LogP contribution in [-0.2, 0) is 4.43 Å². The molecule has 0 bridgehead atoms. The Bertz CT molecular complexity index is 273. The molecule has 0 aromatic carbocycles. The van der Waals surface area contributed by atoms with Gasteiger partial charge in [0.1, 0.15) is 0 Å². The molecule has 0 saturated heterocycles. The van der Waals surface area contributed by atoms with Crippen molar-refractivity contribution >= 4 is 8.32 Å². The first-order chi connectivity index (χ1) is 7.69. The summed E-state index contributed by atoms with van der Waals surface area (Å²) >= 11 is 0. The van der Waals surface area contributed by atoms with Gasteiger partial charge in [0.2, 0.25) is 0 Å². The van der Waals surface area contributed by atoms with Gasteiger partial charge in [-0.05, 0) is 24.6 Å². The van der Waals surface area contributed by atoms with Crippen molar-refractivity contribution in [3.05, 3.63) is 38.0 Å². The molecule has 1 nitrogen and oxygen atoms in total. The van der Waals surface area contributed by atoms with Crippen molar-refractivity contribution < 1.29 is 4.43 Å². The summed E-state index contributed by atoms with van der Waals surface area (Å²) in [6.45, 7) is 22.8. The Morgan fingerprint density at radius 1 is 1.12 bits per heavy atom. The van der Waals surface area contributed by atoms with E-state index in [9.17, 15) is 0 Å². The SMILES string of the molecule is C=CC[C@H](C=C)[C@@H](C=C)O[Si](C)(C)C(C)(C)C. The van der Waals surface area contributed by atoms with Crippen LogP contribution < -0.4 is 0 Å². The summed E-state index contributed by atoms with van der Waals surface area (Å²) in [5.41, 5.74) is 0. The number of allylic oxidation sites excluding steroid dienone is 1. The normalized spacial score (nSPS) is 16.1. The maximum Gasteiger partial charge on any atom is 0.192 e. The summed E-state index contributed by atoms with van der Waals surface area (Å²) in [6, 6.07) is 0. The standard InChI is InChI=1S/C15H28OSi/c1-9-12-13(10-2)14(11-3)16-17(7,8)15(4,5)6/h9-11,13-14H,1-3,12H2,4-8H3/t13-,14+/m0/s1. The smallest absolute Gasteiger partial charge is 0.192 e. The maximum atomic E-state index is 6.36. The Balaban J connectivity index is 4.86. The second-order valence-electron chi connectivity index (χ2n) is 6.00. The highest BCUT2D eigenvalue weighted by molar-refractivity contribution is 6.74. The first-order valence-electron chi connectivity index (χ1n) is 6.23. The summed E-state index contributed by atoms with van der Waals surface area (Å²) in [7, 11) is -1.75. The molecule has 0 rings (SSSR count). The van der Waals surface area contributed by atoms with Crippen molar-refractivity contribution in [1.29, 1.82) is 0 Å². The zero-order valence-corrected chi connectivity index (χ0v) is 13.1. The highest BCUT2D eigenvalue weighted by atomic mass is 28.4. The first kappa shape index (κ1) is 16.4. The molecule has 0 radical (unpaired) electrons. The van der Waals surface area contributed by atoms with Crippen molar-refractivity contribution in [3.8, 4) is 0 Å². The Hall–Kier alpha value is -0.603. The molecule has 0 aromatic rings. The van der Waals surface area contributed by atoms with Gasteiger partial charge in [0.25, 0.3) is 0 Å². The number of rotatable bonds is 7. The predicted molar refractivity (Wildman–Crippen MR) is 80.8 cm³/mol. The van der Waals surface area contributed by atoms with Gasteiger partial charge in [-0.25, -0.2) is 0 Å². The van der Waals surface area contributed by atoms with Gasteiger partial charge in [0.05, 0.1) is 6.10 Å². The predicted octanol–water partition coefficient (Wildman–Crippen LogP) is 4.94. The van der Waals surface area contributed by atoms with Gasteiger partial charge in [0, 0.05) is 5.92 Å². The third-order valence-electron chi connectivity index (χ3n) is 3.63. The van der Waals surface area contributed by atoms with Gasteiger partial charge in [-0.15, -0.1) is 19.7 Å². The Morgan fingerprint density at radius 2 is 1.65 bits per heavy atom. The average Bonchev–Trinajstić information content (AvgIpc) is 2.21. The second-order valence-corrected chi connectivity index (χ2v) is 10.8. The quantitative estimate of drug-likeness (QED) is 0.460. The van der Waals surface area contributed by atoms with Crippen LogP contribution in [0.25, 0.3) is 0 Å². The topological polar surface area (TPSA) is 9.23 Å². The molecule has 0 N–H and O–H groups in total. The fourth-order valence-corrected chi connectivity index (χ4v) is 2.69. The van der Waals surface area contributed by atoms with Gasteiger partial charge in [-0.3, -0.25) is 0 Å². The molecule has 0 spiro atoms. The van der Waals surface area contributed by atoms with Crippen LogP contribution in [0.15, 0.2) is 38.0 Å². The van der Waals surface area contributed by atoms with Crippen LogP contribution in [0.4, 0.5) is 0 Å². The molecule has 0 saturated carbocycles. The lowest BCUT2D eigenvalue weighted by Gasteiger charge is -2.40. The minimum absolute atomic E-state index is 0.0476. The van der Waals surface area contributed by atoms with Gasteiger partial charge in [-0.1, -0.05) is 39.0 Å². The molecule has 0 fully saturated rings. The molecule has 0 heterocycles. The Labute approximate surface area is 108 Å². The minimum Gasteiger partial charge on any atom is -0.410 e. The van der Waals surface area contributed by atoms with E-state index in [1.54, 1.807) is 0 Å². The summed E-state index contributed by atoms with van der Waals surface area (Å²) in [5, 5.41) is 0.216. The van der Waals surface area contributed by atoms with E-state index in [4.69, 9.17) is 4.43 Å². The number of hydrogen-bond acceptors (Lipinski definition) is 1. The highest BCUT2D eigenvalue weighted by Gasteiger charge is 2.39. The lowest BCUT2D eigenvalue weighted by molar-refractivity contribution is 0.183. The summed E-state index contributed by atoms with van der Waals surface area (Å²) in [6.07, 6.45) is 6.69. The molecule has 98 valence electrons. The summed E-state index contributed by atoms with van der Waals surface area (Å²) in [5.74, 6) is 0.277. The van der Waals surface area contributed by atoms with Crippen LogP contribution in [0.3, 0.4) is 0 Å². The van der Waals surface area contributed by atoms with Crippen LogP contribution >= 0.6 is 0 Å². The molecule has 2 heteroatoms. The largest absolute Gasteiger partial charge is 0.410 e. The molecule has 0 aliphatic carbocycles. The molecular formula is C15H28OSi. The van der Waals surface area contributed by atoms with E-state index in [2.05, 4.69) is 53.6 Å². The zero-order chi connectivity index (χ0) is 13.7. The highest BCUT2D eigenvalue weighted by Crippen LogP contribution is 2.38. The lowest BCUT2D eigenvalue weighted by Crippen LogP contribution is -2.45. The molecule has 0 aromatic heterocycles. The minimum atomic E-state index is -1.75. The molecule has 2 atom stereocenters. The zero-order valence-electron chi connectivity index (χ0n) is 12.1. The summed E-state index contributed by atoms with van der Waals surface area (Å²) < 4.78 is 6.36. The molecule has 0 amide bonds. The maximum absolute atomic E-state index is 6.36. The van der Waals surface area contributed by atoms with Crippen molar-refractivity contribution in [2.24, 2.45) is 5.92 Å². The first-order valence-corrected chi connectivity index (χ1v) is 9.14. The van der Waals surface area contributed by atoms with Gasteiger partial charge >= 0.3 is 0 Å². The van der Waals surface area contributed by atoms with Gasteiger partial charge < -0.3 is 4.43 Å². The van der Waals surface area contributed by atoms with Gasteiger partial charge in [0.15, 0.2) is 8.32 Å². The third kappa shape index (κ3) is 4.64. The monoisotopic (exact) mass is 252 g/mol. The molecule has 0 aliphatic rings. The van der Waals surface area contributed by atoms with Crippen LogP contribution in [0.5, 0.6) is 0 Å². The van der Waals surface area contributed by atoms with Gasteiger partial charge in [-0.2, -0.15) is 0 Å². The molecule has 17 heavy (non-hydrogen) atoms. The fourth-order valence-electron chi connectivity index (χ4n) is 1.38.